The van der Waals surface area contributed by atoms with Crippen LogP contribution in [-0.4, -0.2) is 0 Å². The Labute approximate surface area is 74.6 Å². The Kier molecular flexibility index (Phi) is 2.94. The molecule has 0 radical (unpaired) electrons. The molecule has 0 aliphatic rings. The fourth-order valence-corrected chi connectivity index (χ4v) is 1.33. The van der Waals surface area contributed by atoms with Crippen LogP contribution in [0.15, 0.2) is 18.2 Å². The molecule has 0 heteroatoms. The van der Waals surface area contributed by atoms with Crippen LogP contribution in [0.25, 0.3) is 0 Å². The average molecular weight is 158 g/mol. The highest BCUT2D eigenvalue weighted by atomic mass is 14.0. The fourth-order valence-electron chi connectivity index (χ4n) is 1.33. The molecule has 0 aliphatic carbocycles. The zero-order chi connectivity index (χ0) is 8.97. The van der Waals surface area contributed by atoms with Gasteiger partial charge in [-0.2, -0.15) is 0 Å². The predicted octanol–water partition coefficient (Wildman–Crippen LogP) is 2.93. The first kappa shape index (κ1) is 8.87. The molecule has 0 bridgehead atoms. The summed E-state index contributed by atoms with van der Waals surface area (Å²) in [6, 6.07) is 6.32. The van der Waals surface area contributed by atoms with Crippen molar-refractivity contribution in [3.63, 3.8) is 0 Å². The molecule has 0 atom stereocenters. The molecule has 0 nitrogen and oxygen atoms in total. The van der Waals surface area contributed by atoms with Gasteiger partial charge in [0.2, 0.25) is 0 Å². The Morgan fingerprint density at radius 3 is 2.67 bits per heavy atom. The summed E-state index contributed by atoms with van der Waals surface area (Å²) in [7, 11) is 0. The molecule has 0 N–H and O–H groups in total. The van der Waals surface area contributed by atoms with Crippen LogP contribution in [0.1, 0.15) is 30.0 Å². The van der Waals surface area contributed by atoms with E-state index in [0.29, 0.717) is 0 Å². The van der Waals surface area contributed by atoms with Gasteiger partial charge in [0, 0.05) is 5.56 Å². The molecule has 1 rings (SSSR count). The molecule has 0 saturated carbocycles. The van der Waals surface area contributed by atoms with E-state index in [1.54, 1.807) is 0 Å². The van der Waals surface area contributed by atoms with Crippen LogP contribution in [0, 0.1) is 19.3 Å². The van der Waals surface area contributed by atoms with Gasteiger partial charge in [0.15, 0.2) is 0 Å². The van der Waals surface area contributed by atoms with Gasteiger partial charge < -0.3 is 0 Å². The van der Waals surface area contributed by atoms with Crippen LogP contribution in [0.3, 0.4) is 0 Å². The van der Waals surface area contributed by atoms with Crippen LogP contribution in [0.5, 0.6) is 0 Å². The van der Waals surface area contributed by atoms with Crippen molar-refractivity contribution in [1.29, 1.82) is 0 Å². The standard InChI is InChI=1S/C12H14/c1-4-6-11-7-8-12(5-2)10(3)9-11/h2,7-9H,4,6H2,1,3H3. The fraction of sp³-hybridized carbons (Fsp3) is 0.333. The monoisotopic (exact) mass is 158 g/mol. The molecule has 0 amide bonds. The predicted molar refractivity (Wildman–Crippen MR) is 53.1 cm³/mol. The van der Waals surface area contributed by atoms with Gasteiger partial charge in [-0.15, -0.1) is 6.42 Å². The lowest BCUT2D eigenvalue weighted by Crippen LogP contribution is -1.87. The van der Waals surface area contributed by atoms with Gasteiger partial charge in [0.25, 0.3) is 0 Å². The lowest BCUT2D eigenvalue weighted by Gasteiger charge is -2.02. The number of terminal acetylenes is 1. The van der Waals surface area contributed by atoms with Gasteiger partial charge in [-0.05, 0) is 30.5 Å². The third-order valence-electron chi connectivity index (χ3n) is 1.98. The van der Waals surface area contributed by atoms with Crippen molar-refractivity contribution < 1.29 is 0 Å². The highest BCUT2D eigenvalue weighted by Gasteiger charge is 1.95. The first-order chi connectivity index (χ1) is 5.77. The summed E-state index contributed by atoms with van der Waals surface area (Å²) in [5.74, 6) is 2.66. The number of aryl methyl sites for hydroxylation is 2. The van der Waals surface area contributed by atoms with E-state index in [0.717, 1.165) is 12.0 Å². The summed E-state index contributed by atoms with van der Waals surface area (Å²) in [4.78, 5) is 0. The summed E-state index contributed by atoms with van der Waals surface area (Å²) in [5, 5.41) is 0. The topological polar surface area (TPSA) is 0 Å². The number of rotatable bonds is 2. The summed E-state index contributed by atoms with van der Waals surface area (Å²) in [6.07, 6.45) is 7.66. The van der Waals surface area contributed by atoms with Gasteiger partial charge in [0.1, 0.15) is 0 Å². The first-order valence-electron chi connectivity index (χ1n) is 4.34. The summed E-state index contributed by atoms with van der Waals surface area (Å²) < 4.78 is 0. The van der Waals surface area contributed by atoms with E-state index in [1.807, 2.05) is 6.07 Å². The van der Waals surface area contributed by atoms with Crippen LogP contribution >= 0.6 is 0 Å². The molecule has 0 saturated heterocycles. The minimum absolute atomic E-state index is 1.01. The Bertz CT molecular complexity index is 302. The van der Waals surface area contributed by atoms with Gasteiger partial charge in [-0.1, -0.05) is 31.4 Å². The van der Waals surface area contributed by atoms with Gasteiger partial charge in [-0.3, -0.25) is 0 Å². The van der Waals surface area contributed by atoms with E-state index in [1.165, 1.54) is 17.5 Å². The van der Waals surface area contributed by atoms with E-state index in [2.05, 4.69) is 31.9 Å². The van der Waals surface area contributed by atoms with E-state index < -0.39 is 0 Å². The minimum Gasteiger partial charge on any atom is -0.115 e. The smallest absolute Gasteiger partial charge is 0.0271 e. The Morgan fingerprint density at radius 1 is 1.42 bits per heavy atom. The summed E-state index contributed by atoms with van der Waals surface area (Å²) in [5.41, 5.74) is 3.60. The van der Waals surface area contributed by atoms with Crippen LogP contribution in [0.4, 0.5) is 0 Å². The normalized spacial score (nSPS) is 9.42. The largest absolute Gasteiger partial charge is 0.115 e. The van der Waals surface area contributed by atoms with E-state index >= 15 is 0 Å². The molecule has 62 valence electrons. The lowest BCUT2D eigenvalue weighted by molar-refractivity contribution is 0.920. The van der Waals surface area contributed by atoms with Gasteiger partial charge >= 0.3 is 0 Å². The first-order valence-corrected chi connectivity index (χ1v) is 4.34. The van der Waals surface area contributed by atoms with Crippen molar-refractivity contribution in [1.82, 2.24) is 0 Å². The number of benzene rings is 1. The number of hydrogen-bond donors (Lipinski definition) is 0. The Morgan fingerprint density at radius 2 is 2.17 bits per heavy atom. The summed E-state index contributed by atoms with van der Waals surface area (Å²) in [6.45, 7) is 4.25. The maximum atomic E-state index is 5.32. The molecule has 1 aromatic carbocycles. The maximum Gasteiger partial charge on any atom is 0.0271 e. The van der Waals surface area contributed by atoms with E-state index in [-0.39, 0.29) is 0 Å². The molecule has 12 heavy (non-hydrogen) atoms. The van der Waals surface area contributed by atoms with Crippen molar-refractivity contribution in [3.05, 3.63) is 34.9 Å². The molecule has 0 aliphatic heterocycles. The number of hydrogen-bond acceptors (Lipinski definition) is 0. The second-order valence-corrected chi connectivity index (χ2v) is 3.04. The van der Waals surface area contributed by atoms with Crippen molar-refractivity contribution in [2.75, 3.05) is 0 Å². The second kappa shape index (κ2) is 3.97. The van der Waals surface area contributed by atoms with E-state index in [4.69, 9.17) is 6.42 Å². The van der Waals surface area contributed by atoms with Crippen LogP contribution in [-0.2, 0) is 6.42 Å². The molecular weight excluding hydrogens is 144 g/mol. The quantitative estimate of drug-likeness (QED) is 0.580. The van der Waals surface area contributed by atoms with Crippen molar-refractivity contribution in [2.45, 2.75) is 26.7 Å². The molecule has 0 unspecified atom stereocenters. The Balaban J connectivity index is 2.96. The van der Waals surface area contributed by atoms with Gasteiger partial charge in [-0.25, -0.2) is 0 Å². The molecular formula is C12H14. The highest BCUT2D eigenvalue weighted by molar-refractivity contribution is 5.41. The van der Waals surface area contributed by atoms with Crippen molar-refractivity contribution in [3.8, 4) is 12.3 Å². The third-order valence-corrected chi connectivity index (χ3v) is 1.98. The third kappa shape index (κ3) is 1.89. The molecule has 0 fully saturated rings. The van der Waals surface area contributed by atoms with Crippen molar-refractivity contribution in [2.24, 2.45) is 0 Å². The Hall–Kier alpha value is -1.22. The average Bonchev–Trinajstić information content (AvgIpc) is 2.05. The molecule has 0 aromatic heterocycles. The molecule has 0 heterocycles. The lowest BCUT2D eigenvalue weighted by atomic mass is 10.0. The summed E-state index contributed by atoms with van der Waals surface area (Å²) >= 11 is 0. The van der Waals surface area contributed by atoms with Crippen LogP contribution < -0.4 is 0 Å². The maximum absolute atomic E-state index is 5.32. The van der Waals surface area contributed by atoms with Crippen molar-refractivity contribution >= 4 is 0 Å². The zero-order valence-corrected chi connectivity index (χ0v) is 7.72. The minimum atomic E-state index is 1.01. The zero-order valence-electron chi connectivity index (χ0n) is 7.72. The molecule has 1 aromatic rings. The SMILES string of the molecule is C#Cc1ccc(CCC)cc1C. The molecule has 0 spiro atoms. The van der Waals surface area contributed by atoms with E-state index in [9.17, 15) is 0 Å². The second-order valence-electron chi connectivity index (χ2n) is 3.04. The van der Waals surface area contributed by atoms with Crippen LogP contribution in [0.2, 0.25) is 0 Å². The highest BCUT2D eigenvalue weighted by Crippen LogP contribution is 2.11. The van der Waals surface area contributed by atoms with Gasteiger partial charge in [0.05, 0.1) is 0 Å².